The van der Waals surface area contributed by atoms with Crippen molar-refractivity contribution in [3.8, 4) is 0 Å². The fraction of sp³-hybridized carbons (Fsp3) is 0.667. The molecule has 0 saturated carbocycles. The molecule has 2 heterocycles. The third kappa shape index (κ3) is 3.61. The smallest absolute Gasteiger partial charge is 0.348 e. The maximum atomic E-state index is 11.5. The minimum Gasteiger partial charge on any atom is -0.377 e. The van der Waals surface area contributed by atoms with E-state index in [9.17, 15) is 14.9 Å². The molecule has 0 aromatic carbocycles. The zero-order valence-electron chi connectivity index (χ0n) is 11.3. The van der Waals surface area contributed by atoms with Gasteiger partial charge in [-0.25, -0.2) is 4.79 Å². The Balaban J connectivity index is 1.88. The molecule has 0 amide bonds. The predicted octanol–water partition coefficient (Wildman–Crippen LogP) is 0.309. The fourth-order valence-corrected chi connectivity index (χ4v) is 2.24. The van der Waals surface area contributed by atoms with E-state index in [4.69, 9.17) is 4.74 Å². The van der Waals surface area contributed by atoms with Gasteiger partial charge in [0.25, 0.3) is 0 Å². The van der Waals surface area contributed by atoms with Crippen molar-refractivity contribution >= 4 is 5.69 Å². The summed E-state index contributed by atoms with van der Waals surface area (Å²) < 4.78 is 6.80. The van der Waals surface area contributed by atoms with Crippen LogP contribution in [0.15, 0.2) is 17.2 Å². The van der Waals surface area contributed by atoms with Crippen molar-refractivity contribution in [3.63, 3.8) is 0 Å². The summed E-state index contributed by atoms with van der Waals surface area (Å²) in [5.74, 6) is 0. The molecule has 0 radical (unpaired) electrons. The highest BCUT2D eigenvalue weighted by Crippen LogP contribution is 2.15. The van der Waals surface area contributed by atoms with Crippen LogP contribution in [0.1, 0.15) is 19.8 Å². The van der Waals surface area contributed by atoms with Crippen LogP contribution in [0.25, 0.3) is 0 Å². The topological polar surface area (TPSA) is 99.3 Å². The van der Waals surface area contributed by atoms with Crippen LogP contribution < -0.4 is 11.0 Å². The molecule has 2 rings (SSSR count). The van der Waals surface area contributed by atoms with Gasteiger partial charge in [-0.2, -0.15) is 4.98 Å². The predicted molar refractivity (Wildman–Crippen MR) is 71.6 cm³/mol. The first-order chi connectivity index (χ1) is 9.58. The first-order valence-corrected chi connectivity index (χ1v) is 6.64. The first kappa shape index (κ1) is 14.6. The molecule has 2 unspecified atom stereocenters. The zero-order valence-corrected chi connectivity index (χ0v) is 11.3. The van der Waals surface area contributed by atoms with Gasteiger partial charge >= 0.3 is 11.4 Å². The lowest BCUT2D eigenvalue weighted by Crippen LogP contribution is -2.39. The lowest BCUT2D eigenvalue weighted by molar-refractivity contribution is -0.385. The number of hydrogen-bond donors (Lipinski definition) is 1. The van der Waals surface area contributed by atoms with Crippen LogP contribution >= 0.6 is 0 Å². The minimum atomic E-state index is -0.564. The SMILES string of the molecule is CC(NCCn1cc([N+](=O)[O-])cnc1=O)C1CCCO1. The van der Waals surface area contributed by atoms with Gasteiger partial charge in [-0.15, -0.1) is 0 Å². The van der Waals surface area contributed by atoms with Crippen molar-refractivity contribution in [2.75, 3.05) is 13.2 Å². The summed E-state index contributed by atoms with van der Waals surface area (Å²) in [5.41, 5.74) is -0.668. The average molecular weight is 282 g/mol. The second-order valence-electron chi connectivity index (χ2n) is 4.84. The van der Waals surface area contributed by atoms with Gasteiger partial charge in [0, 0.05) is 25.7 Å². The Hall–Kier alpha value is -1.80. The summed E-state index contributed by atoms with van der Waals surface area (Å²) in [6.07, 6.45) is 4.50. The van der Waals surface area contributed by atoms with Crippen molar-refractivity contribution < 1.29 is 9.66 Å². The van der Waals surface area contributed by atoms with E-state index in [0.717, 1.165) is 25.6 Å². The third-order valence-corrected chi connectivity index (χ3v) is 3.39. The maximum absolute atomic E-state index is 11.5. The Kier molecular flexibility index (Phi) is 4.80. The van der Waals surface area contributed by atoms with Gasteiger partial charge in [-0.05, 0) is 19.8 Å². The van der Waals surface area contributed by atoms with E-state index in [1.54, 1.807) is 0 Å². The Labute approximate surface area is 115 Å². The van der Waals surface area contributed by atoms with E-state index < -0.39 is 10.6 Å². The largest absolute Gasteiger partial charge is 0.377 e. The highest BCUT2D eigenvalue weighted by atomic mass is 16.6. The molecule has 1 N–H and O–H groups in total. The number of ether oxygens (including phenoxy) is 1. The van der Waals surface area contributed by atoms with Crippen molar-refractivity contribution in [1.29, 1.82) is 0 Å². The van der Waals surface area contributed by atoms with Gasteiger partial charge in [0.2, 0.25) is 0 Å². The van der Waals surface area contributed by atoms with Gasteiger partial charge in [0.1, 0.15) is 6.20 Å². The normalized spacial score (nSPS) is 19.9. The van der Waals surface area contributed by atoms with Crippen LogP contribution in [-0.4, -0.2) is 39.8 Å². The number of nitro groups is 1. The molecule has 1 aliphatic heterocycles. The van der Waals surface area contributed by atoms with Crippen molar-refractivity contribution in [3.05, 3.63) is 33.0 Å². The van der Waals surface area contributed by atoms with E-state index in [0.29, 0.717) is 13.1 Å². The number of nitrogens with zero attached hydrogens (tertiary/aromatic N) is 3. The Morgan fingerprint density at radius 2 is 2.50 bits per heavy atom. The quantitative estimate of drug-likeness (QED) is 0.595. The first-order valence-electron chi connectivity index (χ1n) is 6.64. The number of aromatic nitrogens is 2. The van der Waals surface area contributed by atoms with E-state index in [-0.39, 0.29) is 17.8 Å². The lowest BCUT2D eigenvalue weighted by atomic mass is 10.1. The van der Waals surface area contributed by atoms with Gasteiger partial charge < -0.3 is 10.1 Å². The van der Waals surface area contributed by atoms with E-state index in [2.05, 4.69) is 10.3 Å². The van der Waals surface area contributed by atoms with Gasteiger partial charge in [0.05, 0.1) is 17.2 Å². The van der Waals surface area contributed by atoms with E-state index in [1.165, 1.54) is 10.8 Å². The summed E-state index contributed by atoms with van der Waals surface area (Å²) in [5, 5.41) is 13.9. The second kappa shape index (κ2) is 6.58. The molecule has 8 nitrogen and oxygen atoms in total. The fourth-order valence-electron chi connectivity index (χ4n) is 2.24. The summed E-state index contributed by atoms with van der Waals surface area (Å²) in [6.45, 7) is 3.70. The summed E-state index contributed by atoms with van der Waals surface area (Å²) in [6, 6.07) is 0.194. The molecule has 1 aliphatic rings. The molecule has 0 spiro atoms. The Bertz CT molecular complexity index is 524. The molecular weight excluding hydrogens is 264 g/mol. The minimum absolute atomic E-state index is 0.184. The lowest BCUT2D eigenvalue weighted by Gasteiger charge is -2.20. The molecule has 110 valence electrons. The standard InChI is InChI=1S/C12H18N4O4/c1-9(11-3-2-6-20-11)13-4-5-15-8-10(16(18)19)7-14-12(15)17/h7-9,11,13H,2-6H2,1H3. The number of nitrogens with one attached hydrogen (secondary N) is 1. The molecule has 0 aliphatic carbocycles. The van der Waals surface area contributed by atoms with Crippen LogP contribution in [0.4, 0.5) is 5.69 Å². The van der Waals surface area contributed by atoms with E-state index in [1.807, 2.05) is 6.92 Å². The molecule has 0 bridgehead atoms. The molecule has 1 saturated heterocycles. The molecule has 8 heteroatoms. The maximum Gasteiger partial charge on any atom is 0.348 e. The summed E-state index contributed by atoms with van der Waals surface area (Å²) in [4.78, 5) is 25.1. The highest BCUT2D eigenvalue weighted by Gasteiger charge is 2.21. The molecule has 1 fully saturated rings. The molecule has 2 atom stereocenters. The van der Waals surface area contributed by atoms with Crippen molar-refractivity contribution in [1.82, 2.24) is 14.9 Å². The highest BCUT2D eigenvalue weighted by molar-refractivity contribution is 5.20. The van der Waals surface area contributed by atoms with Crippen LogP contribution in [0, 0.1) is 10.1 Å². The number of rotatable bonds is 6. The van der Waals surface area contributed by atoms with Gasteiger partial charge in [-0.3, -0.25) is 14.7 Å². The van der Waals surface area contributed by atoms with Gasteiger partial charge in [-0.1, -0.05) is 0 Å². The van der Waals surface area contributed by atoms with E-state index >= 15 is 0 Å². The molecule has 1 aromatic heterocycles. The third-order valence-electron chi connectivity index (χ3n) is 3.39. The van der Waals surface area contributed by atoms with Crippen LogP contribution in [0.2, 0.25) is 0 Å². The average Bonchev–Trinajstić information content (AvgIpc) is 2.94. The monoisotopic (exact) mass is 282 g/mol. The summed E-state index contributed by atoms with van der Waals surface area (Å²) in [7, 11) is 0. The zero-order chi connectivity index (χ0) is 14.5. The van der Waals surface area contributed by atoms with Gasteiger partial charge in [0.15, 0.2) is 0 Å². The molecule has 1 aromatic rings. The van der Waals surface area contributed by atoms with Crippen molar-refractivity contribution in [2.24, 2.45) is 0 Å². The second-order valence-corrected chi connectivity index (χ2v) is 4.84. The Morgan fingerprint density at radius 3 is 3.15 bits per heavy atom. The molecule has 20 heavy (non-hydrogen) atoms. The van der Waals surface area contributed by atoms with Crippen LogP contribution in [-0.2, 0) is 11.3 Å². The van der Waals surface area contributed by atoms with Crippen LogP contribution in [0.3, 0.4) is 0 Å². The van der Waals surface area contributed by atoms with Crippen LogP contribution in [0.5, 0.6) is 0 Å². The Morgan fingerprint density at radius 1 is 1.70 bits per heavy atom. The van der Waals surface area contributed by atoms with Crippen molar-refractivity contribution in [2.45, 2.75) is 38.5 Å². The number of hydrogen-bond acceptors (Lipinski definition) is 6. The summed E-state index contributed by atoms with van der Waals surface area (Å²) >= 11 is 0. The molecular formula is C12H18N4O4.